The quantitative estimate of drug-likeness (QED) is 0.402. The van der Waals surface area contributed by atoms with Gasteiger partial charge in [-0.05, 0) is 66.1 Å². The summed E-state index contributed by atoms with van der Waals surface area (Å²) in [4.78, 5) is 24.4. The van der Waals surface area contributed by atoms with Crippen molar-refractivity contribution in [3.63, 3.8) is 0 Å². The van der Waals surface area contributed by atoms with Gasteiger partial charge in [0.05, 0.1) is 17.8 Å². The van der Waals surface area contributed by atoms with Gasteiger partial charge >= 0.3 is 5.97 Å². The number of carboxylic acid groups (broad SMARTS) is 1. The Morgan fingerprint density at radius 1 is 0.909 bits per heavy atom. The van der Waals surface area contributed by atoms with Gasteiger partial charge in [-0.3, -0.25) is 4.79 Å². The normalized spacial score (nSPS) is 11.8. The lowest BCUT2D eigenvalue weighted by Crippen LogP contribution is -2.16. The molecule has 3 N–H and O–H groups in total. The number of nitrogens with zero attached hydrogens (tertiary/aromatic N) is 2. The van der Waals surface area contributed by atoms with E-state index in [1.165, 1.54) is 47.3 Å². The molecule has 6 nitrogen and oxygen atoms in total. The molecule has 0 spiro atoms. The monoisotopic (exact) mass is 447 g/mol. The molecule has 1 atom stereocenters. The Balaban J connectivity index is 1.63. The van der Waals surface area contributed by atoms with E-state index in [0.717, 1.165) is 5.56 Å². The Morgan fingerprint density at radius 2 is 1.48 bits per heavy atom. The van der Waals surface area contributed by atoms with Gasteiger partial charge in [-0.15, -0.1) is 0 Å². The van der Waals surface area contributed by atoms with Crippen LogP contribution in [-0.2, 0) is 6.42 Å². The van der Waals surface area contributed by atoms with Gasteiger partial charge in [0.1, 0.15) is 23.0 Å². The van der Waals surface area contributed by atoms with E-state index < -0.39 is 23.5 Å². The molecular weight excluding hydrogens is 428 g/mol. The molecule has 0 radical (unpaired) electrons. The summed E-state index contributed by atoms with van der Waals surface area (Å²) in [6.07, 6.45) is 1.49. The van der Waals surface area contributed by atoms with Crippen molar-refractivity contribution >= 4 is 17.6 Å². The lowest BCUT2D eigenvalue weighted by Gasteiger charge is -2.17. The van der Waals surface area contributed by atoms with Crippen LogP contribution in [0.2, 0.25) is 0 Å². The zero-order valence-corrected chi connectivity index (χ0v) is 17.3. The van der Waals surface area contributed by atoms with Crippen molar-refractivity contribution < 1.29 is 23.5 Å². The number of Topliss-reactive ketones (excluding diaryl/α,β-unsaturated/α-hetero) is 1. The second kappa shape index (κ2) is 9.04. The van der Waals surface area contributed by atoms with Crippen molar-refractivity contribution in [1.29, 1.82) is 0 Å². The van der Waals surface area contributed by atoms with Crippen molar-refractivity contribution in [3.8, 4) is 5.69 Å². The molecule has 166 valence electrons. The number of aromatic nitrogens is 2. The van der Waals surface area contributed by atoms with E-state index in [4.69, 9.17) is 10.8 Å². The minimum Gasteiger partial charge on any atom is -0.477 e. The molecule has 0 amide bonds. The van der Waals surface area contributed by atoms with Gasteiger partial charge in [0.2, 0.25) is 0 Å². The van der Waals surface area contributed by atoms with Crippen molar-refractivity contribution in [2.75, 3.05) is 5.73 Å². The Morgan fingerprint density at radius 3 is 2.03 bits per heavy atom. The van der Waals surface area contributed by atoms with Crippen LogP contribution in [0.1, 0.15) is 37.8 Å². The highest BCUT2D eigenvalue weighted by Crippen LogP contribution is 2.27. The average molecular weight is 447 g/mol. The van der Waals surface area contributed by atoms with Gasteiger partial charge < -0.3 is 10.8 Å². The molecule has 0 aliphatic heterocycles. The van der Waals surface area contributed by atoms with E-state index in [9.17, 15) is 18.4 Å². The molecule has 0 saturated heterocycles. The maximum Gasteiger partial charge on any atom is 0.341 e. The fourth-order valence-electron chi connectivity index (χ4n) is 3.61. The van der Waals surface area contributed by atoms with Crippen LogP contribution in [0.5, 0.6) is 0 Å². The smallest absolute Gasteiger partial charge is 0.341 e. The highest BCUT2D eigenvalue weighted by Gasteiger charge is 2.23. The Bertz CT molecular complexity index is 1300. The number of rotatable bonds is 7. The van der Waals surface area contributed by atoms with E-state index in [-0.39, 0.29) is 17.2 Å². The number of hydrogen-bond donors (Lipinski definition) is 2. The molecule has 4 rings (SSSR count). The fourth-order valence-corrected chi connectivity index (χ4v) is 3.61. The van der Waals surface area contributed by atoms with Crippen LogP contribution < -0.4 is 5.73 Å². The summed E-state index contributed by atoms with van der Waals surface area (Å²) >= 11 is 0. The van der Waals surface area contributed by atoms with Crippen LogP contribution in [0, 0.1) is 11.6 Å². The number of anilines is 1. The first kappa shape index (κ1) is 21.9. The number of carbonyl (C=O) groups is 2. The van der Waals surface area contributed by atoms with Crippen LogP contribution in [0.15, 0.2) is 79.0 Å². The van der Waals surface area contributed by atoms with Gasteiger partial charge in [0.15, 0.2) is 5.78 Å². The number of aromatic carboxylic acids is 1. The molecule has 3 aromatic carbocycles. The van der Waals surface area contributed by atoms with Gasteiger partial charge in [0.25, 0.3) is 0 Å². The van der Waals surface area contributed by atoms with Crippen molar-refractivity contribution in [2.24, 2.45) is 0 Å². The predicted molar refractivity (Wildman–Crippen MR) is 119 cm³/mol. The van der Waals surface area contributed by atoms with E-state index in [0.29, 0.717) is 23.2 Å². The van der Waals surface area contributed by atoms with Crippen molar-refractivity contribution in [3.05, 3.63) is 113 Å². The second-order valence-electron chi connectivity index (χ2n) is 7.51. The number of carboxylic acids is 1. The van der Waals surface area contributed by atoms with E-state index in [1.54, 1.807) is 36.4 Å². The molecule has 8 heteroatoms. The standard InChI is InChI=1S/C25H19F2N3O3/c26-18-7-3-16(4-8-18)21(23(31)17-5-9-19(27)10-6-17)13-15-1-11-20(12-2-15)30-24(28)22(14-29-30)25(32)33/h1-12,14,21H,13,28H2,(H,32,33). The number of hydrogen-bond acceptors (Lipinski definition) is 4. The van der Waals surface area contributed by atoms with Crippen LogP contribution >= 0.6 is 0 Å². The van der Waals surface area contributed by atoms with Gasteiger partial charge in [-0.1, -0.05) is 24.3 Å². The number of nitrogen functional groups attached to an aromatic ring is 1. The Kier molecular flexibility index (Phi) is 5.99. The molecule has 4 aromatic rings. The Hall–Kier alpha value is -4.33. The molecule has 1 unspecified atom stereocenters. The van der Waals surface area contributed by atoms with Crippen LogP contribution in [-0.4, -0.2) is 26.6 Å². The third kappa shape index (κ3) is 4.64. The first-order valence-electron chi connectivity index (χ1n) is 10.0. The number of nitrogens with two attached hydrogens (primary N) is 1. The summed E-state index contributed by atoms with van der Waals surface area (Å²) in [5.74, 6) is -2.84. The zero-order valence-electron chi connectivity index (χ0n) is 17.3. The molecule has 1 heterocycles. The minimum atomic E-state index is -1.17. The molecule has 1 aromatic heterocycles. The largest absolute Gasteiger partial charge is 0.477 e. The molecule has 0 fully saturated rings. The van der Waals surface area contributed by atoms with Crippen LogP contribution in [0.25, 0.3) is 5.69 Å². The fraction of sp³-hybridized carbons (Fsp3) is 0.0800. The SMILES string of the molecule is Nc1c(C(=O)O)cnn1-c1ccc(CC(C(=O)c2ccc(F)cc2)c2ccc(F)cc2)cc1. The number of halogens is 2. The Labute approximate surface area is 187 Å². The maximum absolute atomic E-state index is 13.5. The molecule has 33 heavy (non-hydrogen) atoms. The van der Waals surface area contributed by atoms with Crippen molar-refractivity contribution in [2.45, 2.75) is 12.3 Å². The predicted octanol–water partition coefficient (Wildman–Crippen LogP) is 4.64. The van der Waals surface area contributed by atoms with Crippen LogP contribution in [0.3, 0.4) is 0 Å². The first-order chi connectivity index (χ1) is 15.8. The molecule has 0 saturated carbocycles. The summed E-state index contributed by atoms with van der Waals surface area (Å²) < 4.78 is 28.1. The number of ketones is 1. The van der Waals surface area contributed by atoms with E-state index in [2.05, 4.69) is 5.10 Å². The topological polar surface area (TPSA) is 98.2 Å². The molecule has 0 aliphatic carbocycles. The summed E-state index contributed by atoms with van der Waals surface area (Å²) in [7, 11) is 0. The van der Waals surface area contributed by atoms with Gasteiger partial charge in [-0.25, -0.2) is 18.3 Å². The van der Waals surface area contributed by atoms with Gasteiger partial charge in [0, 0.05) is 5.56 Å². The van der Waals surface area contributed by atoms with E-state index in [1.807, 2.05) is 0 Å². The first-order valence-corrected chi connectivity index (χ1v) is 10.0. The van der Waals surface area contributed by atoms with E-state index >= 15 is 0 Å². The third-order valence-electron chi connectivity index (χ3n) is 5.38. The lowest BCUT2D eigenvalue weighted by molar-refractivity contribution is 0.0697. The zero-order chi connectivity index (χ0) is 23.5. The highest BCUT2D eigenvalue weighted by molar-refractivity contribution is 6.01. The van der Waals surface area contributed by atoms with Gasteiger partial charge in [-0.2, -0.15) is 5.10 Å². The summed E-state index contributed by atoms with van der Waals surface area (Å²) in [6.45, 7) is 0. The summed E-state index contributed by atoms with van der Waals surface area (Å²) in [5, 5.41) is 13.2. The molecule has 0 aliphatic rings. The summed E-state index contributed by atoms with van der Waals surface area (Å²) in [6, 6.07) is 18.0. The van der Waals surface area contributed by atoms with Crippen LogP contribution in [0.4, 0.5) is 14.6 Å². The van der Waals surface area contributed by atoms with Crippen molar-refractivity contribution in [1.82, 2.24) is 9.78 Å². The lowest BCUT2D eigenvalue weighted by atomic mass is 9.85. The molecular formula is C25H19F2N3O3. The third-order valence-corrected chi connectivity index (χ3v) is 5.38. The summed E-state index contributed by atoms with van der Waals surface area (Å²) in [5.41, 5.74) is 8.14. The molecule has 0 bridgehead atoms. The number of benzene rings is 3. The number of carbonyl (C=O) groups excluding carboxylic acids is 1. The average Bonchev–Trinajstić information content (AvgIpc) is 3.20. The minimum absolute atomic E-state index is 0.00549. The second-order valence-corrected chi connectivity index (χ2v) is 7.51. The highest BCUT2D eigenvalue weighted by atomic mass is 19.1. The maximum atomic E-state index is 13.5.